The molecule has 0 saturated heterocycles. The van der Waals surface area contributed by atoms with E-state index in [1.165, 1.54) is 6.07 Å². The van der Waals surface area contributed by atoms with Gasteiger partial charge in [-0.25, -0.2) is 15.0 Å². The molecule has 1 aliphatic rings. The fourth-order valence-electron chi connectivity index (χ4n) is 4.99. The molecular formula is C33H20F2N4. The molecule has 2 heterocycles. The van der Waals surface area contributed by atoms with Crippen molar-refractivity contribution >= 4 is 0 Å². The zero-order valence-corrected chi connectivity index (χ0v) is 20.6. The first-order valence-electron chi connectivity index (χ1n) is 12.5. The van der Waals surface area contributed by atoms with Crippen molar-refractivity contribution in [3.8, 4) is 56.5 Å². The molecule has 0 aliphatic heterocycles. The first kappa shape index (κ1) is 23.0. The molecule has 0 bridgehead atoms. The van der Waals surface area contributed by atoms with Crippen molar-refractivity contribution in [2.24, 2.45) is 0 Å². The van der Waals surface area contributed by atoms with Crippen LogP contribution in [0.4, 0.5) is 8.78 Å². The molecule has 0 atom stereocenters. The summed E-state index contributed by atoms with van der Waals surface area (Å²) in [4.78, 5) is 18.4. The molecule has 0 saturated carbocycles. The number of aromatic nitrogens is 4. The highest BCUT2D eigenvalue weighted by atomic mass is 19.3. The van der Waals surface area contributed by atoms with Gasteiger partial charge in [-0.3, -0.25) is 4.98 Å². The quantitative estimate of drug-likeness (QED) is 0.241. The Morgan fingerprint density at radius 2 is 0.949 bits per heavy atom. The van der Waals surface area contributed by atoms with Crippen LogP contribution >= 0.6 is 0 Å². The van der Waals surface area contributed by atoms with Crippen molar-refractivity contribution in [1.29, 1.82) is 0 Å². The maximum absolute atomic E-state index is 15.9. The van der Waals surface area contributed by atoms with Gasteiger partial charge in [-0.15, -0.1) is 0 Å². The largest absolute Gasteiger partial charge is 0.299 e. The summed E-state index contributed by atoms with van der Waals surface area (Å²) < 4.78 is 31.9. The Morgan fingerprint density at radius 3 is 1.49 bits per heavy atom. The molecule has 39 heavy (non-hydrogen) atoms. The van der Waals surface area contributed by atoms with Crippen LogP contribution < -0.4 is 0 Å². The highest BCUT2D eigenvalue weighted by Crippen LogP contribution is 2.52. The number of benzene rings is 4. The van der Waals surface area contributed by atoms with Gasteiger partial charge in [0.2, 0.25) is 0 Å². The van der Waals surface area contributed by atoms with E-state index < -0.39 is 5.92 Å². The van der Waals surface area contributed by atoms with Gasteiger partial charge in [0.15, 0.2) is 17.5 Å². The van der Waals surface area contributed by atoms with E-state index in [2.05, 4.69) is 4.98 Å². The second-order valence-electron chi connectivity index (χ2n) is 9.35. The lowest BCUT2D eigenvalue weighted by Crippen LogP contribution is -2.11. The highest BCUT2D eigenvalue weighted by Gasteiger charge is 2.44. The third kappa shape index (κ3) is 3.97. The predicted molar refractivity (Wildman–Crippen MR) is 148 cm³/mol. The SMILES string of the molecule is FC1(F)c2cc(-c3ccccn3)ccc2-c2ccc(-c3nc(-c4ccccc4)nc(-c4ccccc4)n3)cc21. The van der Waals surface area contributed by atoms with Crippen LogP contribution in [0.25, 0.3) is 56.5 Å². The van der Waals surface area contributed by atoms with E-state index >= 15 is 8.78 Å². The van der Waals surface area contributed by atoms with Crippen LogP contribution in [0.2, 0.25) is 0 Å². The van der Waals surface area contributed by atoms with E-state index in [1.54, 1.807) is 36.5 Å². The number of fused-ring (bicyclic) bond motifs is 3. The Labute approximate surface area is 223 Å². The number of rotatable bonds is 4. The molecule has 0 spiro atoms. The Kier molecular flexibility index (Phi) is 5.33. The highest BCUT2D eigenvalue weighted by molar-refractivity contribution is 5.84. The maximum atomic E-state index is 15.9. The summed E-state index contributed by atoms with van der Waals surface area (Å²) in [5.74, 6) is -1.88. The molecule has 7 rings (SSSR count). The molecule has 4 aromatic carbocycles. The summed E-state index contributed by atoms with van der Waals surface area (Å²) in [6, 6.07) is 34.8. The van der Waals surface area contributed by atoms with Gasteiger partial charge in [0.25, 0.3) is 5.92 Å². The third-order valence-corrected chi connectivity index (χ3v) is 6.92. The standard InChI is InChI=1S/C33H20F2N4/c34-33(35)27-19-23(29-13-7-8-18-36-29)14-16-25(27)26-17-15-24(20-28(26)33)32-38-30(21-9-3-1-4-10-21)37-31(39-32)22-11-5-2-6-12-22/h1-20H. The summed E-state index contributed by atoms with van der Waals surface area (Å²) in [6.07, 6.45) is 1.66. The number of alkyl halides is 2. The molecule has 0 radical (unpaired) electrons. The Morgan fingerprint density at radius 1 is 0.462 bits per heavy atom. The normalized spacial score (nSPS) is 13.1. The Balaban J connectivity index is 1.36. The second-order valence-corrected chi connectivity index (χ2v) is 9.35. The minimum atomic E-state index is -3.18. The van der Waals surface area contributed by atoms with Crippen molar-refractivity contribution < 1.29 is 8.78 Å². The average Bonchev–Trinajstić information content (AvgIpc) is 3.23. The van der Waals surface area contributed by atoms with Crippen molar-refractivity contribution in [3.05, 3.63) is 133 Å². The Hall–Kier alpha value is -5.10. The maximum Gasteiger partial charge on any atom is 0.299 e. The fourth-order valence-corrected chi connectivity index (χ4v) is 4.99. The number of pyridine rings is 1. The topological polar surface area (TPSA) is 51.6 Å². The lowest BCUT2D eigenvalue weighted by molar-refractivity contribution is 0.0481. The van der Waals surface area contributed by atoms with Gasteiger partial charge in [0.1, 0.15) is 0 Å². The smallest absolute Gasteiger partial charge is 0.256 e. The van der Waals surface area contributed by atoms with E-state index in [4.69, 9.17) is 15.0 Å². The molecule has 0 amide bonds. The van der Waals surface area contributed by atoms with Gasteiger partial charge in [-0.2, -0.15) is 8.78 Å². The molecule has 0 fully saturated rings. The van der Waals surface area contributed by atoms with Gasteiger partial charge in [-0.1, -0.05) is 91.0 Å². The second kappa shape index (κ2) is 9.03. The van der Waals surface area contributed by atoms with Crippen LogP contribution in [0.1, 0.15) is 11.1 Å². The molecule has 186 valence electrons. The van der Waals surface area contributed by atoms with Crippen LogP contribution in [0, 0.1) is 0 Å². The number of hydrogen-bond acceptors (Lipinski definition) is 4. The third-order valence-electron chi connectivity index (χ3n) is 6.92. The summed E-state index contributed by atoms with van der Waals surface area (Å²) in [7, 11) is 0. The van der Waals surface area contributed by atoms with Crippen LogP contribution in [-0.2, 0) is 5.92 Å². The van der Waals surface area contributed by atoms with Crippen LogP contribution in [-0.4, -0.2) is 19.9 Å². The number of halogens is 2. The summed E-state index contributed by atoms with van der Waals surface area (Å²) in [6.45, 7) is 0. The summed E-state index contributed by atoms with van der Waals surface area (Å²) in [5.41, 5.74) is 4.39. The number of nitrogens with zero attached hydrogens (tertiary/aromatic N) is 4. The van der Waals surface area contributed by atoms with Gasteiger partial charge in [0.05, 0.1) is 5.69 Å². The lowest BCUT2D eigenvalue weighted by Gasteiger charge is -2.14. The van der Waals surface area contributed by atoms with Gasteiger partial charge in [-0.05, 0) is 35.4 Å². The van der Waals surface area contributed by atoms with Crippen molar-refractivity contribution in [2.45, 2.75) is 5.92 Å². The van der Waals surface area contributed by atoms with Crippen LogP contribution in [0.15, 0.2) is 121 Å². The van der Waals surface area contributed by atoms with Gasteiger partial charge >= 0.3 is 0 Å². The average molecular weight is 511 g/mol. The van der Waals surface area contributed by atoms with Crippen molar-refractivity contribution in [1.82, 2.24) is 19.9 Å². The Bertz CT molecular complexity index is 1760. The number of hydrogen-bond donors (Lipinski definition) is 0. The van der Waals surface area contributed by atoms with E-state index in [9.17, 15) is 0 Å². The van der Waals surface area contributed by atoms with Crippen molar-refractivity contribution in [2.75, 3.05) is 0 Å². The van der Waals surface area contributed by atoms with E-state index in [-0.39, 0.29) is 11.1 Å². The predicted octanol–water partition coefficient (Wildman–Crippen LogP) is 8.06. The zero-order chi connectivity index (χ0) is 26.4. The summed E-state index contributed by atoms with van der Waals surface area (Å²) in [5, 5.41) is 0. The molecule has 6 heteroatoms. The fraction of sp³-hybridized carbons (Fsp3) is 0.0303. The van der Waals surface area contributed by atoms with E-state index in [1.807, 2.05) is 78.9 Å². The molecule has 1 aliphatic carbocycles. The van der Waals surface area contributed by atoms with Crippen LogP contribution in [0.3, 0.4) is 0 Å². The van der Waals surface area contributed by atoms with Crippen LogP contribution in [0.5, 0.6) is 0 Å². The lowest BCUT2D eigenvalue weighted by atomic mass is 10.0. The minimum absolute atomic E-state index is 0.0246. The monoisotopic (exact) mass is 510 g/mol. The zero-order valence-electron chi connectivity index (χ0n) is 20.6. The van der Waals surface area contributed by atoms with Crippen molar-refractivity contribution in [3.63, 3.8) is 0 Å². The van der Waals surface area contributed by atoms with E-state index in [0.717, 1.165) is 11.1 Å². The minimum Gasteiger partial charge on any atom is -0.256 e. The first-order valence-corrected chi connectivity index (χ1v) is 12.5. The molecule has 0 unspecified atom stereocenters. The molecule has 0 N–H and O–H groups in total. The van der Waals surface area contributed by atoms with E-state index in [0.29, 0.717) is 45.4 Å². The van der Waals surface area contributed by atoms with Gasteiger partial charge < -0.3 is 0 Å². The molecule has 6 aromatic rings. The molecular weight excluding hydrogens is 490 g/mol. The summed E-state index contributed by atoms with van der Waals surface area (Å²) >= 11 is 0. The first-order chi connectivity index (χ1) is 19.1. The molecule has 4 nitrogen and oxygen atoms in total. The van der Waals surface area contributed by atoms with Gasteiger partial charge in [0, 0.05) is 39.6 Å². The molecule has 2 aromatic heterocycles.